The molecule has 2 rings (SSSR count). The smallest absolute Gasteiger partial charge is 0.406 e. The highest BCUT2D eigenvalue weighted by molar-refractivity contribution is 5.95. The first-order valence-corrected chi connectivity index (χ1v) is 5.92. The van der Waals surface area contributed by atoms with Gasteiger partial charge in [0, 0.05) is 18.2 Å². The lowest BCUT2D eigenvalue weighted by molar-refractivity contribution is -0.274. The first-order chi connectivity index (χ1) is 9.65. The zero-order valence-electron chi connectivity index (χ0n) is 10.9. The number of hydrogen-bond acceptors (Lipinski definition) is 3. The summed E-state index contributed by atoms with van der Waals surface area (Å²) in [7, 11) is 0. The Balaban J connectivity index is 0.00000242. The van der Waals surface area contributed by atoms with Gasteiger partial charge in [0.2, 0.25) is 5.91 Å². The van der Waals surface area contributed by atoms with Crippen molar-refractivity contribution >= 4 is 24.0 Å². The molecule has 0 aromatic heterocycles. The minimum atomic E-state index is -4.85. The average molecular weight is 347 g/mol. The highest BCUT2D eigenvalue weighted by atomic mass is 35.5. The molecule has 1 fully saturated rings. The molecule has 0 spiro atoms. The van der Waals surface area contributed by atoms with E-state index >= 15 is 0 Å². The molecule has 1 unspecified atom stereocenters. The number of rotatable bonds is 3. The second-order valence-corrected chi connectivity index (χ2v) is 4.56. The monoisotopic (exact) mass is 346 g/mol. The summed E-state index contributed by atoms with van der Waals surface area (Å²) in [6.07, 6.45) is -5.50. The van der Waals surface area contributed by atoms with Crippen LogP contribution >= 0.6 is 12.4 Å². The maximum absolute atomic E-state index is 13.0. The van der Waals surface area contributed by atoms with Gasteiger partial charge in [0.1, 0.15) is 5.75 Å². The van der Waals surface area contributed by atoms with Crippen LogP contribution < -0.4 is 15.4 Å². The van der Waals surface area contributed by atoms with Crippen LogP contribution in [0.15, 0.2) is 24.3 Å². The summed E-state index contributed by atoms with van der Waals surface area (Å²) < 4.78 is 65.8. The van der Waals surface area contributed by atoms with Crippen molar-refractivity contribution in [1.82, 2.24) is 5.32 Å². The number of ether oxygens (including phenoxy) is 1. The van der Waals surface area contributed by atoms with Crippen LogP contribution in [-0.4, -0.2) is 30.8 Å². The Morgan fingerprint density at radius 3 is 2.59 bits per heavy atom. The van der Waals surface area contributed by atoms with E-state index in [1.165, 1.54) is 12.1 Å². The van der Waals surface area contributed by atoms with Crippen molar-refractivity contribution in [1.29, 1.82) is 0 Å². The highest BCUT2D eigenvalue weighted by Crippen LogP contribution is 2.27. The summed E-state index contributed by atoms with van der Waals surface area (Å²) in [6.45, 7) is -0.609. The molecule has 0 bridgehead atoms. The van der Waals surface area contributed by atoms with Crippen molar-refractivity contribution in [3.05, 3.63) is 24.3 Å². The second kappa shape index (κ2) is 6.66. The third-order valence-electron chi connectivity index (χ3n) is 2.76. The molecule has 1 aromatic carbocycles. The number of benzene rings is 1. The first kappa shape index (κ1) is 18.4. The minimum absolute atomic E-state index is 0. The summed E-state index contributed by atoms with van der Waals surface area (Å²) in [5.41, 5.74) is 0.0266. The summed E-state index contributed by atoms with van der Waals surface area (Å²) in [5.74, 6) is -4.22. The van der Waals surface area contributed by atoms with Crippen LogP contribution in [0.5, 0.6) is 5.75 Å². The van der Waals surface area contributed by atoms with Gasteiger partial charge in [-0.3, -0.25) is 10.1 Å². The van der Waals surface area contributed by atoms with Gasteiger partial charge in [-0.15, -0.1) is 25.6 Å². The van der Waals surface area contributed by atoms with Crippen LogP contribution in [0.1, 0.15) is 6.42 Å². The number of alkyl halides is 5. The van der Waals surface area contributed by atoms with Crippen LogP contribution in [0.3, 0.4) is 0 Å². The Kier molecular flexibility index (Phi) is 5.58. The minimum Gasteiger partial charge on any atom is -0.406 e. The molecule has 10 heteroatoms. The molecule has 1 aliphatic rings. The Bertz CT molecular complexity index is 538. The van der Waals surface area contributed by atoms with Crippen molar-refractivity contribution in [3.63, 3.8) is 0 Å². The van der Waals surface area contributed by atoms with Crippen LogP contribution in [0.4, 0.5) is 27.6 Å². The molecule has 1 aliphatic heterocycles. The molecular formula is C12H12ClF5N2O2. The number of nitrogens with one attached hydrogen (secondary N) is 2. The molecule has 1 aromatic rings. The fraction of sp³-hybridized carbons (Fsp3) is 0.417. The van der Waals surface area contributed by atoms with E-state index in [1.54, 1.807) is 0 Å². The number of hydrogen-bond donors (Lipinski definition) is 2. The summed E-state index contributed by atoms with van der Waals surface area (Å²) in [6, 6.07) is 3.50. The fourth-order valence-corrected chi connectivity index (χ4v) is 1.90. The molecule has 1 saturated heterocycles. The van der Waals surface area contributed by atoms with Gasteiger partial charge in [-0.25, -0.2) is 8.78 Å². The predicted molar refractivity (Wildman–Crippen MR) is 70.4 cm³/mol. The fourth-order valence-electron chi connectivity index (χ4n) is 1.90. The SMILES string of the molecule is Cl.O=C(Nc1cccc(OC(F)(F)F)c1)C1CC(F)(F)CN1. The van der Waals surface area contributed by atoms with Gasteiger partial charge in [-0.2, -0.15) is 0 Å². The third kappa shape index (κ3) is 5.30. The van der Waals surface area contributed by atoms with Crippen LogP contribution in [0, 0.1) is 0 Å². The third-order valence-corrected chi connectivity index (χ3v) is 2.76. The molecule has 0 saturated carbocycles. The van der Waals surface area contributed by atoms with Gasteiger partial charge in [0.05, 0.1) is 12.6 Å². The molecule has 1 heterocycles. The zero-order valence-corrected chi connectivity index (χ0v) is 11.7. The van der Waals surface area contributed by atoms with Gasteiger partial charge in [-0.1, -0.05) is 6.07 Å². The molecule has 2 N–H and O–H groups in total. The highest BCUT2D eigenvalue weighted by Gasteiger charge is 2.42. The van der Waals surface area contributed by atoms with E-state index in [2.05, 4.69) is 15.4 Å². The van der Waals surface area contributed by atoms with E-state index in [0.29, 0.717) is 0 Å². The van der Waals surface area contributed by atoms with Crippen LogP contribution in [-0.2, 0) is 4.79 Å². The first-order valence-electron chi connectivity index (χ1n) is 5.92. The standard InChI is InChI=1S/C12H11F5N2O2.ClH/c13-11(14)5-9(18-6-11)10(20)19-7-2-1-3-8(4-7)21-12(15,16)17;/h1-4,9,18H,5-6H2,(H,19,20);1H. The Labute approximate surface area is 128 Å². The Morgan fingerprint density at radius 2 is 2.05 bits per heavy atom. The largest absolute Gasteiger partial charge is 0.573 e. The molecule has 0 aliphatic carbocycles. The van der Waals surface area contributed by atoms with Gasteiger partial charge < -0.3 is 10.1 Å². The van der Waals surface area contributed by atoms with Gasteiger partial charge in [-0.05, 0) is 12.1 Å². The van der Waals surface area contributed by atoms with Crippen molar-refractivity contribution in [2.45, 2.75) is 24.7 Å². The van der Waals surface area contributed by atoms with E-state index in [9.17, 15) is 26.7 Å². The summed E-state index contributed by atoms with van der Waals surface area (Å²) >= 11 is 0. The Morgan fingerprint density at radius 1 is 1.36 bits per heavy atom. The van der Waals surface area contributed by atoms with E-state index in [-0.39, 0.29) is 18.1 Å². The maximum Gasteiger partial charge on any atom is 0.573 e. The molecule has 4 nitrogen and oxygen atoms in total. The van der Waals surface area contributed by atoms with E-state index < -0.39 is 42.9 Å². The van der Waals surface area contributed by atoms with E-state index in [4.69, 9.17) is 0 Å². The average Bonchev–Trinajstić information content (AvgIpc) is 2.68. The second-order valence-electron chi connectivity index (χ2n) is 4.56. The maximum atomic E-state index is 13.0. The lowest BCUT2D eigenvalue weighted by atomic mass is 10.2. The van der Waals surface area contributed by atoms with Gasteiger partial charge >= 0.3 is 6.36 Å². The predicted octanol–water partition coefficient (Wildman–Crippen LogP) is 2.94. The molecule has 124 valence electrons. The number of carbonyl (C=O) groups is 1. The Hall–Kier alpha value is -1.61. The topological polar surface area (TPSA) is 50.4 Å². The van der Waals surface area contributed by atoms with Gasteiger partial charge in [0.15, 0.2) is 0 Å². The van der Waals surface area contributed by atoms with E-state index in [1.807, 2.05) is 0 Å². The van der Waals surface area contributed by atoms with E-state index in [0.717, 1.165) is 12.1 Å². The van der Waals surface area contributed by atoms with Crippen LogP contribution in [0.25, 0.3) is 0 Å². The molecule has 0 radical (unpaired) electrons. The summed E-state index contributed by atoms with van der Waals surface area (Å²) in [4.78, 5) is 11.7. The normalized spacial score (nSPS) is 20.1. The number of carbonyl (C=O) groups excluding carboxylic acids is 1. The summed E-state index contributed by atoms with van der Waals surface area (Å²) in [5, 5.41) is 4.61. The quantitative estimate of drug-likeness (QED) is 0.827. The lowest BCUT2D eigenvalue weighted by Crippen LogP contribution is -2.35. The van der Waals surface area contributed by atoms with Crippen molar-refractivity contribution in [2.75, 3.05) is 11.9 Å². The van der Waals surface area contributed by atoms with Crippen molar-refractivity contribution < 1.29 is 31.5 Å². The number of anilines is 1. The van der Waals surface area contributed by atoms with Gasteiger partial charge in [0.25, 0.3) is 5.92 Å². The lowest BCUT2D eigenvalue weighted by Gasteiger charge is -2.13. The number of halogens is 6. The molecule has 1 atom stereocenters. The molecule has 22 heavy (non-hydrogen) atoms. The zero-order chi connectivity index (χ0) is 15.7. The molecular weight excluding hydrogens is 335 g/mol. The van der Waals surface area contributed by atoms with Crippen LogP contribution in [0.2, 0.25) is 0 Å². The number of amides is 1. The molecule has 1 amide bonds. The van der Waals surface area contributed by atoms with Crippen molar-refractivity contribution in [3.8, 4) is 5.75 Å². The van der Waals surface area contributed by atoms with Crippen molar-refractivity contribution in [2.24, 2.45) is 0 Å².